The van der Waals surface area contributed by atoms with Gasteiger partial charge in [0.1, 0.15) is 0 Å². The number of hydrogen-bond acceptors (Lipinski definition) is 3. The van der Waals surface area contributed by atoms with E-state index in [1.165, 1.54) is 0 Å². The van der Waals surface area contributed by atoms with E-state index in [0.717, 1.165) is 11.3 Å². The molecule has 0 saturated heterocycles. The zero-order valence-corrected chi connectivity index (χ0v) is 13.0. The van der Waals surface area contributed by atoms with Gasteiger partial charge < -0.3 is 11.1 Å². The quantitative estimate of drug-likeness (QED) is 0.870. The number of nitrogens with two attached hydrogens (primary N) is 1. The third kappa shape index (κ3) is 2.97. The molecule has 1 atom stereocenters. The molecule has 1 rings (SSSR count). The number of nitrogens with zero attached hydrogens (tertiary/aromatic N) is 2. The minimum absolute atomic E-state index is 0.0456. The smallest absolute Gasteiger partial charge is 0.227 e. The Kier molecular flexibility index (Phi) is 4.10. The SMILES string of the molecule is Cc1c(C(C)NC(=O)C(C)(C)C(C)(C)N)cnn1C. The highest BCUT2D eigenvalue weighted by Gasteiger charge is 2.40. The number of amides is 1. The van der Waals surface area contributed by atoms with Gasteiger partial charge in [-0.05, 0) is 41.5 Å². The molecule has 19 heavy (non-hydrogen) atoms. The summed E-state index contributed by atoms with van der Waals surface area (Å²) >= 11 is 0. The lowest BCUT2D eigenvalue weighted by Crippen LogP contribution is -2.55. The van der Waals surface area contributed by atoms with Crippen molar-refractivity contribution in [2.45, 2.75) is 53.1 Å². The molecule has 5 heteroatoms. The largest absolute Gasteiger partial charge is 0.349 e. The highest BCUT2D eigenvalue weighted by molar-refractivity contribution is 5.83. The van der Waals surface area contributed by atoms with Crippen molar-refractivity contribution >= 4 is 5.91 Å². The molecule has 108 valence electrons. The van der Waals surface area contributed by atoms with Crippen LogP contribution in [0.2, 0.25) is 0 Å². The second-order valence-electron chi connectivity index (χ2n) is 6.35. The lowest BCUT2D eigenvalue weighted by molar-refractivity contribution is -0.132. The van der Waals surface area contributed by atoms with Crippen LogP contribution in [0.25, 0.3) is 0 Å². The van der Waals surface area contributed by atoms with E-state index in [1.54, 1.807) is 10.9 Å². The van der Waals surface area contributed by atoms with Crippen LogP contribution in [0.5, 0.6) is 0 Å². The highest BCUT2D eigenvalue weighted by atomic mass is 16.2. The number of aryl methyl sites for hydroxylation is 1. The molecule has 1 aromatic heterocycles. The van der Waals surface area contributed by atoms with Crippen molar-refractivity contribution < 1.29 is 4.79 Å². The predicted molar refractivity (Wildman–Crippen MR) is 76.6 cm³/mol. The Balaban J connectivity index is 2.86. The number of carbonyl (C=O) groups is 1. The first-order valence-corrected chi connectivity index (χ1v) is 6.57. The number of aromatic nitrogens is 2. The first-order chi connectivity index (χ1) is 8.48. The molecule has 5 nitrogen and oxygen atoms in total. The summed E-state index contributed by atoms with van der Waals surface area (Å²) in [5.74, 6) is -0.0456. The minimum atomic E-state index is -0.641. The Hall–Kier alpha value is -1.36. The third-order valence-electron chi connectivity index (χ3n) is 4.27. The van der Waals surface area contributed by atoms with Gasteiger partial charge in [-0.25, -0.2) is 0 Å². The second-order valence-corrected chi connectivity index (χ2v) is 6.35. The van der Waals surface area contributed by atoms with Crippen LogP contribution in [0, 0.1) is 12.3 Å². The van der Waals surface area contributed by atoms with Crippen LogP contribution in [-0.4, -0.2) is 21.2 Å². The van der Waals surface area contributed by atoms with Crippen LogP contribution in [0.4, 0.5) is 0 Å². The van der Waals surface area contributed by atoms with Crippen LogP contribution in [0.3, 0.4) is 0 Å². The van der Waals surface area contributed by atoms with Crippen LogP contribution in [0.1, 0.15) is 51.9 Å². The van der Waals surface area contributed by atoms with Gasteiger partial charge in [0.25, 0.3) is 0 Å². The highest BCUT2D eigenvalue weighted by Crippen LogP contribution is 2.29. The van der Waals surface area contributed by atoms with Gasteiger partial charge in [0.2, 0.25) is 5.91 Å². The molecule has 0 aromatic carbocycles. The maximum absolute atomic E-state index is 12.4. The first kappa shape index (κ1) is 15.7. The summed E-state index contributed by atoms with van der Waals surface area (Å²) in [6.45, 7) is 11.4. The van der Waals surface area contributed by atoms with E-state index in [2.05, 4.69) is 10.4 Å². The maximum atomic E-state index is 12.4. The van der Waals surface area contributed by atoms with Gasteiger partial charge >= 0.3 is 0 Å². The van der Waals surface area contributed by atoms with Crippen molar-refractivity contribution in [2.24, 2.45) is 18.2 Å². The molecule has 0 aliphatic heterocycles. The monoisotopic (exact) mass is 266 g/mol. The zero-order valence-electron chi connectivity index (χ0n) is 13.0. The summed E-state index contributed by atoms with van der Waals surface area (Å²) < 4.78 is 1.80. The molecule has 1 unspecified atom stereocenters. The molecule has 0 saturated carbocycles. The Morgan fingerprint density at radius 3 is 2.32 bits per heavy atom. The molecule has 0 fully saturated rings. The van der Waals surface area contributed by atoms with E-state index in [-0.39, 0.29) is 11.9 Å². The molecule has 1 heterocycles. The van der Waals surface area contributed by atoms with E-state index >= 15 is 0 Å². The third-order valence-corrected chi connectivity index (χ3v) is 4.27. The van der Waals surface area contributed by atoms with E-state index in [4.69, 9.17) is 5.73 Å². The van der Waals surface area contributed by atoms with E-state index in [9.17, 15) is 4.79 Å². The van der Waals surface area contributed by atoms with Gasteiger partial charge in [0.15, 0.2) is 0 Å². The number of rotatable bonds is 4. The van der Waals surface area contributed by atoms with Crippen LogP contribution in [-0.2, 0) is 11.8 Å². The molecule has 1 aromatic rings. The fourth-order valence-corrected chi connectivity index (χ4v) is 1.69. The number of carbonyl (C=O) groups excluding carboxylic acids is 1. The van der Waals surface area contributed by atoms with Gasteiger partial charge in [0.05, 0.1) is 17.7 Å². The molecule has 0 spiro atoms. The minimum Gasteiger partial charge on any atom is -0.349 e. The summed E-state index contributed by atoms with van der Waals surface area (Å²) in [4.78, 5) is 12.4. The fourth-order valence-electron chi connectivity index (χ4n) is 1.69. The topological polar surface area (TPSA) is 72.9 Å². The molecule has 0 radical (unpaired) electrons. The van der Waals surface area contributed by atoms with Crippen molar-refractivity contribution in [3.05, 3.63) is 17.5 Å². The van der Waals surface area contributed by atoms with Crippen molar-refractivity contribution in [2.75, 3.05) is 0 Å². The molecule has 0 bridgehead atoms. The Labute approximate surface area is 115 Å². The number of hydrogen-bond donors (Lipinski definition) is 2. The molecule has 1 amide bonds. The van der Waals surface area contributed by atoms with Gasteiger partial charge in [-0.2, -0.15) is 5.10 Å². The van der Waals surface area contributed by atoms with Crippen LogP contribution < -0.4 is 11.1 Å². The van der Waals surface area contributed by atoms with E-state index in [1.807, 2.05) is 48.6 Å². The van der Waals surface area contributed by atoms with Gasteiger partial charge in [-0.3, -0.25) is 9.48 Å². The standard InChI is InChI=1S/C14H26N4O/c1-9(11-8-16-18(7)10(11)2)17-12(19)13(3,4)14(5,6)15/h8-9H,15H2,1-7H3,(H,17,19). The Bertz CT molecular complexity index is 468. The van der Waals surface area contributed by atoms with Gasteiger partial charge in [-0.15, -0.1) is 0 Å². The zero-order chi connectivity index (χ0) is 15.0. The maximum Gasteiger partial charge on any atom is 0.227 e. The summed E-state index contributed by atoms with van der Waals surface area (Å²) in [6, 6.07) is -0.0807. The molecule has 3 N–H and O–H groups in total. The molecule has 0 aliphatic carbocycles. The van der Waals surface area contributed by atoms with E-state index < -0.39 is 11.0 Å². The van der Waals surface area contributed by atoms with E-state index in [0.29, 0.717) is 0 Å². The average Bonchev–Trinajstić information content (AvgIpc) is 2.58. The normalized spacial score (nSPS) is 14.3. The summed E-state index contributed by atoms with van der Waals surface area (Å²) in [5.41, 5.74) is 6.94. The average molecular weight is 266 g/mol. The van der Waals surface area contributed by atoms with Crippen LogP contribution >= 0.6 is 0 Å². The van der Waals surface area contributed by atoms with Crippen molar-refractivity contribution in [3.8, 4) is 0 Å². The Morgan fingerprint density at radius 1 is 1.42 bits per heavy atom. The lowest BCUT2D eigenvalue weighted by Gasteiger charge is -2.37. The fraction of sp³-hybridized carbons (Fsp3) is 0.714. The molecule has 0 aliphatic rings. The second kappa shape index (κ2) is 4.96. The summed E-state index contributed by atoms with van der Waals surface area (Å²) in [7, 11) is 1.89. The summed E-state index contributed by atoms with van der Waals surface area (Å²) in [5, 5.41) is 7.22. The lowest BCUT2D eigenvalue weighted by atomic mass is 9.74. The van der Waals surface area contributed by atoms with Gasteiger partial charge in [-0.1, -0.05) is 0 Å². The number of nitrogens with one attached hydrogen (secondary N) is 1. The molecular weight excluding hydrogens is 240 g/mol. The first-order valence-electron chi connectivity index (χ1n) is 6.57. The predicted octanol–water partition coefficient (Wildman–Crippen LogP) is 1.67. The van der Waals surface area contributed by atoms with Gasteiger partial charge in [0, 0.05) is 23.8 Å². The van der Waals surface area contributed by atoms with Crippen LogP contribution in [0.15, 0.2) is 6.20 Å². The molecular formula is C14H26N4O. The van der Waals surface area contributed by atoms with Crippen molar-refractivity contribution in [1.82, 2.24) is 15.1 Å². The summed E-state index contributed by atoms with van der Waals surface area (Å²) in [6.07, 6.45) is 1.79. The Morgan fingerprint density at radius 2 is 1.95 bits per heavy atom. The van der Waals surface area contributed by atoms with Crippen molar-refractivity contribution in [1.29, 1.82) is 0 Å². The van der Waals surface area contributed by atoms with Crippen molar-refractivity contribution in [3.63, 3.8) is 0 Å².